The Labute approximate surface area is 134 Å². The van der Waals surface area contributed by atoms with Gasteiger partial charge in [-0.15, -0.1) is 0 Å². The van der Waals surface area contributed by atoms with Crippen LogP contribution in [0.1, 0.15) is 27.2 Å². The molecule has 1 saturated heterocycles. The highest BCUT2D eigenvalue weighted by molar-refractivity contribution is 5.91. The second-order valence-electron chi connectivity index (χ2n) is 7.20. The van der Waals surface area contributed by atoms with E-state index >= 15 is 0 Å². The van der Waals surface area contributed by atoms with Gasteiger partial charge < -0.3 is 19.7 Å². The molecule has 0 spiro atoms. The van der Waals surface area contributed by atoms with Crippen molar-refractivity contribution in [3.8, 4) is 0 Å². The highest BCUT2D eigenvalue weighted by atomic mass is 16.6. The molecule has 3 aliphatic rings. The van der Waals surface area contributed by atoms with E-state index in [4.69, 9.17) is 9.47 Å². The van der Waals surface area contributed by atoms with Gasteiger partial charge >= 0.3 is 11.9 Å². The van der Waals surface area contributed by atoms with E-state index in [0.29, 0.717) is 5.57 Å². The zero-order valence-electron chi connectivity index (χ0n) is 13.5. The molecule has 0 aromatic rings. The number of hydrogen-bond acceptors (Lipinski definition) is 6. The van der Waals surface area contributed by atoms with Crippen molar-refractivity contribution in [1.29, 1.82) is 0 Å². The molecule has 1 heterocycles. The minimum absolute atomic E-state index is 0.235. The van der Waals surface area contributed by atoms with Crippen LogP contribution in [0.15, 0.2) is 24.3 Å². The first kappa shape index (κ1) is 16.2. The quantitative estimate of drug-likeness (QED) is 0.420. The molecule has 1 saturated carbocycles. The summed E-state index contributed by atoms with van der Waals surface area (Å²) in [5.74, 6) is -2.43. The maximum absolute atomic E-state index is 11.9. The molecule has 126 valence electrons. The topological polar surface area (TPSA) is 93.1 Å². The van der Waals surface area contributed by atoms with Gasteiger partial charge in [-0.3, -0.25) is 4.79 Å². The minimum atomic E-state index is -1.38. The molecule has 2 aliphatic carbocycles. The maximum Gasteiger partial charge on any atom is 0.334 e. The number of hydrogen-bond donors (Lipinski definition) is 2. The van der Waals surface area contributed by atoms with Gasteiger partial charge in [0.05, 0.1) is 5.60 Å². The fraction of sp³-hybridized carbons (Fsp3) is 0.647. The molecule has 0 aromatic carbocycles. The predicted octanol–water partition coefficient (Wildman–Crippen LogP) is 0.724. The third kappa shape index (κ3) is 2.32. The third-order valence-electron chi connectivity index (χ3n) is 5.51. The van der Waals surface area contributed by atoms with Crippen molar-refractivity contribution in [3.63, 3.8) is 0 Å². The number of aliphatic hydroxyl groups is 2. The molecule has 7 atom stereocenters. The average molecular weight is 322 g/mol. The van der Waals surface area contributed by atoms with Crippen LogP contribution in [0.5, 0.6) is 0 Å². The Morgan fingerprint density at radius 3 is 2.70 bits per heavy atom. The van der Waals surface area contributed by atoms with Gasteiger partial charge in [0, 0.05) is 30.3 Å². The van der Waals surface area contributed by atoms with E-state index in [0.717, 1.165) is 0 Å². The molecule has 0 amide bonds. The van der Waals surface area contributed by atoms with E-state index in [1.165, 1.54) is 6.92 Å². The lowest BCUT2D eigenvalue weighted by Gasteiger charge is -2.40. The largest absolute Gasteiger partial charge is 0.459 e. The lowest BCUT2D eigenvalue weighted by Crippen LogP contribution is -2.51. The van der Waals surface area contributed by atoms with Crippen molar-refractivity contribution in [1.82, 2.24) is 0 Å². The van der Waals surface area contributed by atoms with Crippen molar-refractivity contribution in [2.45, 2.75) is 50.6 Å². The van der Waals surface area contributed by atoms with E-state index in [1.54, 1.807) is 26.0 Å². The summed E-state index contributed by atoms with van der Waals surface area (Å²) in [5.41, 5.74) is -2.32. The average Bonchev–Trinajstić information content (AvgIpc) is 2.84. The first-order valence-corrected chi connectivity index (χ1v) is 7.77. The molecule has 6 nitrogen and oxygen atoms in total. The van der Waals surface area contributed by atoms with Crippen LogP contribution in [-0.2, 0) is 19.1 Å². The van der Waals surface area contributed by atoms with Crippen LogP contribution < -0.4 is 0 Å². The summed E-state index contributed by atoms with van der Waals surface area (Å²) in [6.07, 6.45) is 2.15. The van der Waals surface area contributed by atoms with Gasteiger partial charge in [-0.05, 0) is 20.3 Å². The summed E-state index contributed by atoms with van der Waals surface area (Å²) in [5, 5.41) is 21.8. The lowest BCUT2D eigenvalue weighted by atomic mass is 9.73. The summed E-state index contributed by atoms with van der Waals surface area (Å²) in [4.78, 5) is 23.4. The van der Waals surface area contributed by atoms with Gasteiger partial charge in [-0.2, -0.15) is 0 Å². The first-order chi connectivity index (χ1) is 10.6. The fourth-order valence-electron chi connectivity index (χ4n) is 4.27. The smallest absolute Gasteiger partial charge is 0.334 e. The van der Waals surface area contributed by atoms with Crippen molar-refractivity contribution in [3.05, 3.63) is 24.3 Å². The van der Waals surface area contributed by atoms with Gasteiger partial charge in [-0.1, -0.05) is 18.7 Å². The van der Waals surface area contributed by atoms with Crippen molar-refractivity contribution >= 4 is 11.9 Å². The van der Waals surface area contributed by atoms with Crippen LogP contribution in [0.3, 0.4) is 0 Å². The molecule has 0 radical (unpaired) electrons. The van der Waals surface area contributed by atoms with Gasteiger partial charge in [0.25, 0.3) is 0 Å². The van der Waals surface area contributed by atoms with Crippen molar-refractivity contribution in [2.75, 3.05) is 0 Å². The summed E-state index contributed by atoms with van der Waals surface area (Å²) in [6, 6.07) is 0. The zero-order chi connectivity index (χ0) is 17.2. The normalized spacial score (nSPS) is 48.5. The van der Waals surface area contributed by atoms with Crippen LogP contribution in [-0.4, -0.2) is 45.6 Å². The molecule has 1 aliphatic heterocycles. The van der Waals surface area contributed by atoms with Crippen LogP contribution in [0.2, 0.25) is 0 Å². The van der Waals surface area contributed by atoms with E-state index in [2.05, 4.69) is 6.58 Å². The molecular formula is C17H22O6. The van der Waals surface area contributed by atoms with E-state index in [1.807, 2.05) is 0 Å². The van der Waals surface area contributed by atoms with Crippen LogP contribution in [0.25, 0.3) is 0 Å². The molecule has 6 heteroatoms. The Morgan fingerprint density at radius 1 is 1.43 bits per heavy atom. The molecule has 0 bridgehead atoms. The van der Waals surface area contributed by atoms with E-state index < -0.39 is 53.1 Å². The van der Waals surface area contributed by atoms with Crippen molar-refractivity contribution < 1.29 is 29.3 Å². The Morgan fingerprint density at radius 2 is 2.09 bits per heavy atom. The second-order valence-corrected chi connectivity index (χ2v) is 7.20. The highest BCUT2D eigenvalue weighted by Crippen LogP contribution is 2.53. The summed E-state index contributed by atoms with van der Waals surface area (Å²) in [7, 11) is 0. The number of carbonyl (C=O) groups excluding carboxylic acids is 2. The van der Waals surface area contributed by atoms with Gasteiger partial charge in [0.2, 0.25) is 0 Å². The second kappa shape index (κ2) is 4.92. The number of ether oxygens (including phenoxy) is 2. The fourth-order valence-corrected chi connectivity index (χ4v) is 4.27. The summed E-state index contributed by atoms with van der Waals surface area (Å²) < 4.78 is 10.8. The first-order valence-electron chi connectivity index (χ1n) is 7.77. The van der Waals surface area contributed by atoms with Gasteiger partial charge in [0.1, 0.15) is 17.8 Å². The van der Waals surface area contributed by atoms with E-state index in [-0.39, 0.29) is 6.42 Å². The molecular weight excluding hydrogens is 300 g/mol. The highest BCUT2D eigenvalue weighted by Gasteiger charge is 2.62. The monoisotopic (exact) mass is 322 g/mol. The number of esters is 2. The Balaban J connectivity index is 2.08. The predicted molar refractivity (Wildman–Crippen MR) is 80.0 cm³/mol. The van der Waals surface area contributed by atoms with Gasteiger partial charge in [0.15, 0.2) is 0 Å². The Kier molecular flexibility index (Phi) is 3.46. The van der Waals surface area contributed by atoms with Crippen LogP contribution >= 0.6 is 0 Å². The Bertz CT molecular complexity index is 602. The minimum Gasteiger partial charge on any atom is -0.459 e. The third-order valence-corrected chi connectivity index (χ3v) is 5.51. The zero-order valence-corrected chi connectivity index (χ0v) is 13.5. The van der Waals surface area contributed by atoms with Crippen LogP contribution in [0, 0.1) is 17.8 Å². The Hall–Kier alpha value is -1.66. The molecule has 2 fully saturated rings. The number of fused-ring (bicyclic) bond motifs is 3. The van der Waals surface area contributed by atoms with Gasteiger partial charge in [-0.25, -0.2) is 4.79 Å². The molecule has 23 heavy (non-hydrogen) atoms. The lowest BCUT2D eigenvalue weighted by molar-refractivity contribution is -0.170. The number of carbonyl (C=O) groups is 2. The summed E-state index contributed by atoms with van der Waals surface area (Å²) >= 11 is 0. The number of rotatable bonds is 1. The van der Waals surface area contributed by atoms with Crippen molar-refractivity contribution in [2.24, 2.45) is 17.8 Å². The molecule has 3 rings (SSSR count). The summed E-state index contributed by atoms with van der Waals surface area (Å²) in [6.45, 7) is 8.29. The SMILES string of the molecule is C=C1C(=O)O[C@@H]2[C@@H]3[C@@H](C=C[C@@]3(C)O)[C@](C)(O)[C@H](OC(C)=O)C[C@@H]12. The molecule has 2 N–H and O–H groups in total. The van der Waals surface area contributed by atoms with Crippen LogP contribution in [0.4, 0.5) is 0 Å². The molecule has 0 unspecified atom stereocenters. The molecule has 0 aromatic heterocycles. The van der Waals surface area contributed by atoms with E-state index in [9.17, 15) is 19.8 Å². The maximum atomic E-state index is 11.9. The standard InChI is InChI=1S/C17H22O6/c1-8-10-7-12(22-9(2)18)17(4,21)11-5-6-16(3,20)13(11)14(10)23-15(8)19/h5-6,10-14,20-21H,1,7H2,2-4H3/t10-,11+,12+,13-,14-,16+,17-/m0/s1.